The standard InChI is InChI=1S/C14H13NS/c1-11-6-5-7-12(10-11)14(16)15-13-8-3-2-4-9-13/h2-10H,1H3,(H,15,16). The lowest BCUT2D eigenvalue weighted by Gasteiger charge is -2.08. The molecule has 80 valence electrons. The van der Waals surface area contributed by atoms with Crippen LogP contribution >= 0.6 is 12.2 Å². The van der Waals surface area contributed by atoms with E-state index in [0.29, 0.717) is 0 Å². The number of para-hydroxylation sites is 1. The van der Waals surface area contributed by atoms with E-state index in [0.717, 1.165) is 16.2 Å². The molecule has 2 heteroatoms. The molecule has 0 saturated carbocycles. The molecule has 0 unspecified atom stereocenters. The number of rotatable bonds is 2. The molecule has 0 spiro atoms. The second kappa shape index (κ2) is 4.90. The Morgan fingerprint density at radius 1 is 1.00 bits per heavy atom. The van der Waals surface area contributed by atoms with Crippen LogP contribution in [0.2, 0.25) is 0 Å². The van der Waals surface area contributed by atoms with Crippen molar-refractivity contribution in [3.05, 3.63) is 65.7 Å². The first kappa shape index (κ1) is 10.8. The zero-order chi connectivity index (χ0) is 11.4. The van der Waals surface area contributed by atoms with Crippen LogP contribution in [0, 0.1) is 6.92 Å². The lowest BCUT2D eigenvalue weighted by molar-refractivity contribution is 1.46. The first-order valence-corrected chi connectivity index (χ1v) is 5.59. The SMILES string of the molecule is Cc1cccc(C(=S)Nc2ccccc2)c1. The Morgan fingerprint density at radius 2 is 1.75 bits per heavy atom. The maximum atomic E-state index is 5.35. The lowest BCUT2D eigenvalue weighted by Crippen LogP contribution is -2.10. The van der Waals surface area contributed by atoms with Gasteiger partial charge in [0.05, 0.1) is 0 Å². The minimum absolute atomic E-state index is 0.759. The van der Waals surface area contributed by atoms with Crippen molar-refractivity contribution in [3.63, 3.8) is 0 Å². The Kier molecular flexibility index (Phi) is 3.32. The van der Waals surface area contributed by atoms with Gasteiger partial charge in [-0.2, -0.15) is 0 Å². The number of benzene rings is 2. The minimum atomic E-state index is 0.759. The van der Waals surface area contributed by atoms with Gasteiger partial charge in [-0.15, -0.1) is 0 Å². The van der Waals surface area contributed by atoms with Crippen molar-refractivity contribution < 1.29 is 0 Å². The quantitative estimate of drug-likeness (QED) is 0.783. The third kappa shape index (κ3) is 2.67. The van der Waals surface area contributed by atoms with E-state index < -0.39 is 0 Å². The van der Waals surface area contributed by atoms with E-state index in [1.165, 1.54) is 5.56 Å². The summed E-state index contributed by atoms with van der Waals surface area (Å²) in [5.74, 6) is 0. The highest BCUT2D eigenvalue weighted by molar-refractivity contribution is 7.81. The lowest BCUT2D eigenvalue weighted by atomic mass is 10.1. The molecule has 0 atom stereocenters. The van der Waals surface area contributed by atoms with Crippen LogP contribution in [0.15, 0.2) is 54.6 Å². The highest BCUT2D eigenvalue weighted by Crippen LogP contribution is 2.10. The predicted molar refractivity (Wildman–Crippen MR) is 72.9 cm³/mol. The zero-order valence-corrected chi connectivity index (χ0v) is 9.92. The molecule has 0 fully saturated rings. The monoisotopic (exact) mass is 227 g/mol. The molecule has 0 aliphatic heterocycles. The van der Waals surface area contributed by atoms with Gasteiger partial charge in [0, 0.05) is 11.3 Å². The summed E-state index contributed by atoms with van der Waals surface area (Å²) in [7, 11) is 0. The Bertz CT molecular complexity index is 491. The molecule has 1 nitrogen and oxygen atoms in total. The fourth-order valence-electron chi connectivity index (χ4n) is 1.51. The first-order chi connectivity index (χ1) is 7.75. The van der Waals surface area contributed by atoms with E-state index in [1.807, 2.05) is 42.5 Å². The largest absolute Gasteiger partial charge is 0.346 e. The molecule has 2 aromatic rings. The van der Waals surface area contributed by atoms with Crippen molar-refractivity contribution in [2.45, 2.75) is 6.92 Å². The van der Waals surface area contributed by atoms with E-state index in [2.05, 4.69) is 24.4 Å². The molecule has 2 aromatic carbocycles. The van der Waals surface area contributed by atoms with Crippen molar-refractivity contribution in [2.24, 2.45) is 0 Å². The third-order valence-corrected chi connectivity index (χ3v) is 2.65. The summed E-state index contributed by atoms with van der Waals surface area (Å²) in [4.78, 5) is 0.759. The summed E-state index contributed by atoms with van der Waals surface area (Å²) < 4.78 is 0. The van der Waals surface area contributed by atoms with Gasteiger partial charge in [-0.05, 0) is 25.1 Å². The van der Waals surface area contributed by atoms with E-state index in [9.17, 15) is 0 Å². The normalized spacial score (nSPS) is 9.81. The maximum Gasteiger partial charge on any atom is 0.110 e. The van der Waals surface area contributed by atoms with Crippen LogP contribution in [0.4, 0.5) is 5.69 Å². The Morgan fingerprint density at radius 3 is 2.44 bits per heavy atom. The van der Waals surface area contributed by atoms with Crippen LogP contribution in [0.5, 0.6) is 0 Å². The molecule has 2 rings (SSSR count). The second-order valence-corrected chi connectivity index (χ2v) is 4.10. The average Bonchev–Trinajstić information content (AvgIpc) is 2.30. The molecule has 0 amide bonds. The van der Waals surface area contributed by atoms with E-state index in [4.69, 9.17) is 12.2 Å². The highest BCUT2D eigenvalue weighted by Gasteiger charge is 2.00. The summed E-state index contributed by atoms with van der Waals surface area (Å²) in [6, 6.07) is 18.1. The van der Waals surface area contributed by atoms with E-state index in [-0.39, 0.29) is 0 Å². The summed E-state index contributed by atoms with van der Waals surface area (Å²) in [5, 5.41) is 3.22. The number of aryl methyl sites for hydroxylation is 1. The average molecular weight is 227 g/mol. The van der Waals surface area contributed by atoms with Gasteiger partial charge in [0.25, 0.3) is 0 Å². The first-order valence-electron chi connectivity index (χ1n) is 5.19. The Balaban J connectivity index is 2.15. The molecule has 0 heterocycles. The molecule has 16 heavy (non-hydrogen) atoms. The fourth-order valence-corrected chi connectivity index (χ4v) is 1.76. The number of nitrogens with one attached hydrogen (secondary N) is 1. The van der Waals surface area contributed by atoms with Gasteiger partial charge < -0.3 is 5.32 Å². The van der Waals surface area contributed by atoms with Gasteiger partial charge in [-0.3, -0.25) is 0 Å². The van der Waals surface area contributed by atoms with Gasteiger partial charge in [-0.1, -0.05) is 54.2 Å². The van der Waals surface area contributed by atoms with Crippen molar-refractivity contribution in [1.29, 1.82) is 0 Å². The smallest absolute Gasteiger partial charge is 0.110 e. The molecule has 0 aliphatic carbocycles. The van der Waals surface area contributed by atoms with Crippen molar-refractivity contribution in [2.75, 3.05) is 5.32 Å². The molecule has 0 saturated heterocycles. The summed E-state index contributed by atoms with van der Waals surface area (Å²) in [6.45, 7) is 2.06. The van der Waals surface area contributed by atoms with Gasteiger partial charge in [0.2, 0.25) is 0 Å². The Hall–Kier alpha value is -1.67. The number of hydrogen-bond donors (Lipinski definition) is 1. The Labute approximate surface area is 101 Å². The van der Waals surface area contributed by atoms with Gasteiger partial charge in [0.1, 0.15) is 4.99 Å². The van der Waals surface area contributed by atoms with Gasteiger partial charge in [-0.25, -0.2) is 0 Å². The van der Waals surface area contributed by atoms with Crippen LogP contribution < -0.4 is 5.32 Å². The predicted octanol–water partition coefficient (Wildman–Crippen LogP) is 3.78. The van der Waals surface area contributed by atoms with E-state index in [1.54, 1.807) is 0 Å². The maximum absolute atomic E-state index is 5.35. The van der Waals surface area contributed by atoms with Gasteiger partial charge in [0.15, 0.2) is 0 Å². The van der Waals surface area contributed by atoms with Crippen LogP contribution in [0.25, 0.3) is 0 Å². The molecule has 0 radical (unpaired) electrons. The molecule has 0 aliphatic rings. The fraction of sp³-hybridized carbons (Fsp3) is 0.0714. The summed E-state index contributed by atoms with van der Waals surface area (Å²) >= 11 is 5.35. The minimum Gasteiger partial charge on any atom is -0.346 e. The van der Waals surface area contributed by atoms with Crippen LogP contribution in [0.1, 0.15) is 11.1 Å². The highest BCUT2D eigenvalue weighted by atomic mass is 32.1. The van der Waals surface area contributed by atoms with Crippen molar-refractivity contribution in [1.82, 2.24) is 0 Å². The summed E-state index contributed by atoms with van der Waals surface area (Å²) in [6.07, 6.45) is 0. The van der Waals surface area contributed by atoms with E-state index >= 15 is 0 Å². The molecule has 1 N–H and O–H groups in total. The van der Waals surface area contributed by atoms with Crippen LogP contribution in [-0.2, 0) is 0 Å². The summed E-state index contributed by atoms with van der Waals surface area (Å²) in [5.41, 5.74) is 3.29. The van der Waals surface area contributed by atoms with Crippen molar-refractivity contribution in [3.8, 4) is 0 Å². The number of hydrogen-bond acceptors (Lipinski definition) is 1. The van der Waals surface area contributed by atoms with Crippen LogP contribution in [0.3, 0.4) is 0 Å². The molecular weight excluding hydrogens is 214 g/mol. The zero-order valence-electron chi connectivity index (χ0n) is 9.10. The van der Waals surface area contributed by atoms with Gasteiger partial charge >= 0.3 is 0 Å². The third-order valence-electron chi connectivity index (χ3n) is 2.31. The number of anilines is 1. The molecule has 0 bridgehead atoms. The van der Waals surface area contributed by atoms with Crippen LogP contribution in [-0.4, -0.2) is 4.99 Å². The number of thiocarbonyl (C=S) groups is 1. The topological polar surface area (TPSA) is 12.0 Å². The second-order valence-electron chi connectivity index (χ2n) is 3.69. The van der Waals surface area contributed by atoms with Crippen molar-refractivity contribution >= 4 is 22.9 Å². The molecule has 0 aromatic heterocycles. The molecular formula is C14H13NS.